The second-order valence-electron chi connectivity index (χ2n) is 5.18. The van der Waals surface area contributed by atoms with Crippen LogP contribution in [-0.4, -0.2) is 16.0 Å². The van der Waals surface area contributed by atoms with Crippen molar-refractivity contribution in [2.75, 3.05) is 0 Å². The first-order valence-electron chi connectivity index (χ1n) is 7.05. The van der Waals surface area contributed by atoms with E-state index in [0.717, 1.165) is 0 Å². The lowest BCUT2D eigenvalue weighted by atomic mass is 9.90. The van der Waals surface area contributed by atoms with Gasteiger partial charge < -0.3 is 9.52 Å². The topological polar surface area (TPSA) is 78.9 Å². The number of nitrogens with one attached hydrogen (secondary N) is 2. The van der Waals surface area contributed by atoms with Gasteiger partial charge in [-0.15, -0.1) is 0 Å². The number of carbonyl (C=O) groups is 1. The Bertz CT molecular complexity index is 813. The quantitative estimate of drug-likeness (QED) is 0.710. The monoisotopic (exact) mass is 296 g/mol. The predicted molar refractivity (Wildman–Crippen MR) is 82.1 cm³/mol. The minimum absolute atomic E-state index is 0.0259. The van der Waals surface area contributed by atoms with E-state index < -0.39 is 5.92 Å². The molecular weight excluding hydrogens is 280 g/mol. The minimum atomic E-state index is -0.405. The number of aryl methyl sites for hydroxylation is 1. The number of aromatic amines is 2. The fourth-order valence-corrected chi connectivity index (χ4v) is 2.64. The Morgan fingerprint density at radius 3 is 2.50 bits per heavy atom. The summed E-state index contributed by atoms with van der Waals surface area (Å²) in [7, 11) is 0. The minimum Gasteiger partial charge on any atom is -0.469 e. The van der Waals surface area contributed by atoms with Crippen molar-refractivity contribution in [2.24, 2.45) is 0 Å². The van der Waals surface area contributed by atoms with Gasteiger partial charge >= 0.3 is 0 Å². The third-order valence-electron chi connectivity index (χ3n) is 3.73. The van der Waals surface area contributed by atoms with Crippen LogP contribution in [0.1, 0.15) is 39.7 Å². The van der Waals surface area contributed by atoms with Crippen molar-refractivity contribution in [3.05, 3.63) is 81.7 Å². The molecule has 2 aromatic heterocycles. The molecule has 0 spiro atoms. The van der Waals surface area contributed by atoms with Crippen molar-refractivity contribution in [1.29, 1.82) is 0 Å². The van der Waals surface area contributed by atoms with Crippen LogP contribution in [-0.2, 0) is 0 Å². The molecule has 1 aromatic carbocycles. The molecule has 2 heterocycles. The molecule has 0 fully saturated rings. The van der Waals surface area contributed by atoms with Gasteiger partial charge in [0.1, 0.15) is 5.76 Å². The Morgan fingerprint density at radius 1 is 1.14 bits per heavy atom. The summed E-state index contributed by atoms with van der Waals surface area (Å²) in [5, 5.41) is 5.36. The molecule has 0 amide bonds. The van der Waals surface area contributed by atoms with Crippen LogP contribution in [0, 0.1) is 6.92 Å². The van der Waals surface area contributed by atoms with Gasteiger partial charge in [-0.2, -0.15) is 0 Å². The third kappa shape index (κ3) is 2.65. The van der Waals surface area contributed by atoms with Gasteiger partial charge in [-0.1, -0.05) is 30.3 Å². The Balaban J connectivity index is 1.97. The zero-order valence-electron chi connectivity index (χ0n) is 12.1. The number of hydrogen-bond donors (Lipinski definition) is 2. The van der Waals surface area contributed by atoms with Crippen LogP contribution in [0.4, 0.5) is 0 Å². The van der Waals surface area contributed by atoms with Gasteiger partial charge in [0, 0.05) is 17.7 Å². The molecular formula is C17H16N2O3. The highest BCUT2D eigenvalue weighted by molar-refractivity contribution is 5.96. The second-order valence-corrected chi connectivity index (χ2v) is 5.18. The molecule has 3 rings (SSSR count). The Labute approximate surface area is 127 Å². The number of benzene rings is 1. The summed E-state index contributed by atoms with van der Waals surface area (Å²) < 4.78 is 5.45. The summed E-state index contributed by atoms with van der Waals surface area (Å²) in [6.45, 7) is 1.80. The summed E-state index contributed by atoms with van der Waals surface area (Å²) in [5.41, 5.74) is 1.66. The standard InChI is InChI=1S/C17H16N2O3/c1-11-16(17(21)19-18-11)13(15-8-5-9-22-15)10-14(20)12-6-3-2-4-7-12/h2-9,13H,10H2,1H3,(H2,18,19,21). The van der Waals surface area contributed by atoms with Gasteiger partial charge in [-0.25, -0.2) is 0 Å². The lowest BCUT2D eigenvalue weighted by Crippen LogP contribution is -2.16. The number of ketones is 1. The number of H-pyrrole nitrogens is 2. The van der Waals surface area contributed by atoms with Crippen LogP contribution in [0.3, 0.4) is 0 Å². The average Bonchev–Trinajstić information content (AvgIpc) is 3.17. The molecule has 0 saturated heterocycles. The Kier molecular flexibility index (Phi) is 3.78. The first kappa shape index (κ1) is 14.1. The lowest BCUT2D eigenvalue weighted by Gasteiger charge is -2.13. The fraction of sp³-hybridized carbons (Fsp3) is 0.176. The number of hydrogen-bond acceptors (Lipinski definition) is 3. The van der Waals surface area contributed by atoms with Gasteiger partial charge in [0.2, 0.25) is 0 Å². The largest absolute Gasteiger partial charge is 0.469 e. The molecule has 1 unspecified atom stereocenters. The zero-order chi connectivity index (χ0) is 15.5. The smallest absolute Gasteiger partial charge is 0.268 e. The van der Waals surface area contributed by atoms with E-state index in [1.807, 2.05) is 18.2 Å². The average molecular weight is 296 g/mol. The molecule has 0 aliphatic heterocycles. The highest BCUT2D eigenvalue weighted by Gasteiger charge is 2.26. The maximum Gasteiger partial charge on any atom is 0.268 e. The molecule has 0 aliphatic rings. The lowest BCUT2D eigenvalue weighted by molar-refractivity contribution is 0.0975. The highest BCUT2D eigenvalue weighted by Crippen LogP contribution is 2.29. The number of rotatable bonds is 5. The van der Waals surface area contributed by atoms with E-state index in [4.69, 9.17) is 4.42 Å². The third-order valence-corrected chi connectivity index (χ3v) is 3.73. The zero-order valence-corrected chi connectivity index (χ0v) is 12.1. The van der Waals surface area contributed by atoms with Crippen molar-refractivity contribution in [1.82, 2.24) is 10.2 Å². The number of Topliss-reactive ketones (excluding diaryl/α,β-unsaturated/α-hetero) is 1. The van der Waals surface area contributed by atoms with Crippen LogP contribution in [0.2, 0.25) is 0 Å². The van der Waals surface area contributed by atoms with E-state index in [1.54, 1.807) is 37.5 Å². The molecule has 22 heavy (non-hydrogen) atoms. The van der Waals surface area contributed by atoms with Gasteiger partial charge in [0.15, 0.2) is 5.78 Å². The normalized spacial score (nSPS) is 12.2. The summed E-state index contributed by atoms with van der Waals surface area (Å²) in [6, 6.07) is 12.6. The Hall–Kier alpha value is -2.82. The molecule has 0 bridgehead atoms. The van der Waals surface area contributed by atoms with E-state index in [2.05, 4.69) is 10.2 Å². The molecule has 0 saturated carbocycles. The van der Waals surface area contributed by atoms with Crippen molar-refractivity contribution < 1.29 is 9.21 Å². The van der Waals surface area contributed by atoms with Gasteiger partial charge in [-0.3, -0.25) is 14.7 Å². The van der Waals surface area contributed by atoms with E-state index in [9.17, 15) is 9.59 Å². The summed E-state index contributed by atoms with van der Waals surface area (Å²) in [4.78, 5) is 24.6. The second kappa shape index (κ2) is 5.89. The van der Waals surface area contributed by atoms with Crippen molar-refractivity contribution in [3.8, 4) is 0 Å². The van der Waals surface area contributed by atoms with Crippen molar-refractivity contribution in [3.63, 3.8) is 0 Å². The molecule has 0 radical (unpaired) electrons. The van der Waals surface area contributed by atoms with E-state index in [1.165, 1.54) is 0 Å². The molecule has 5 heteroatoms. The van der Waals surface area contributed by atoms with Crippen LogP contribution >= 0.6 is 0 Å². The predicted octanol–water partition coefficient (Wildman–Crippen LogP) is 3.01. The number of carbonyl (C=O) groups excluding carboxylic acids is 1. The van der Waals surface area contributed by atoms with E-state index in [-0.39, 0.29) is 17.8 Å². The van der Waals surface area contributed by atoms with Crippen LogP contribution in [0.5, 0.6) is 0 Å². The molecule has 0 aliphatic carbocycles. The summed E-state index contributed by atoms with van der Waals surface area (Å²) in [5.74, 6) is 0.178. The van der Waals surface area contributed by atoms with Gasteiger partial charge in [0.25, 0.3) is 5.56 Å². The fourth-order valence-electron chi connectivity index (χ4n) is 2.64. The maximum atomic E-state index is 12.5. The molecule has 5 nitrogen and oxygen atoms in total. The first-order chi connectivity index (χ1) is 10.7. The number of aromatic nitrogens is 2. The van der Waals surface area contributed by atoms with Crippen LogP contribution in [0.15, 0.2) is 57.9 Å². The first-order valence-corrected chi connectivity index (χ1v) is 7.05. The highest BCUT2D eigenvalue weighted by atomic mass is 16.3. The number of furan rings is 1. The van der Waals surface area contributed by atoms with Crippen LogP contribution in [0.25, 0.3) is 0 Å². The van der Waals surface area contributed by atoms with Crippen LogP contribution < -0.4 is 5.56 Å². The Morgan fingerprint density at radius 2 is 1.91 bits per heavy atom. The molecule has 3 aromatic rings. The molecule has 2 N–H and O–H groups in total. The van der Waals surface area contributed by atoms with Gasteiger partial charge in [0.05, 0.1) is 17.7 Å². The summed E-state index contributed by atoms with van der Waals surface area (Å²) >= 11 is 0. The molecule has 1 atom stereocenters. The van der Waals surface area contributed by atoms with Crippen molar-refractivity contribution >= 4 is 5.78 Å². The maximum absolute atomic E-state index is 12.5. The SMILES string of the molecule is Cc1[nH][nH]c(=O)c1C(CC(=O)c1ccccc1)c1ccco1. The van der Waals surface area contributed by atoms with Gasteiger partial charge in [-0.05, 0) is 19.1 Å². The molecule has 112 valence electrons. The van der Waals surface area contributed by atoms with E-state index >= 15 is 0 Å². The van der Waals surface area contributed by atoms with E-state index in [0.29, 0.717) is 22.6 Å². The van der Waals surface area contributed by atoms with Crippen molar-refractivity contribution in [2.45, 2.75) is 19.3 Å². The summed E-state index contributed by atoms with van der Waals surface area (Å²) in [6.07, 6.45) is 1.73.